The number of aryl methyl sites for hydroxylation is 1. The van der Waals surface area contributed by atoms with Crippen LogP contribution in [0.5, 0.6) is 0 Å². The third-order valence-electron chi connectivity index (χ3n) is 3.93. The fourth-order valence-electron chi connectivity index (χ4n) is 2.90. The monoisotopic (exact) mass is 261 g/mol. The molecule has 0 aromatic heterocycles. The Bertz CT molecular complexity index is 468. The SMILES string of the molecule is COC(=O)C1CCN(c2c(C)cccc2C(C)C)C1. The average Bonchev–Trinajstić information content (AvgIpc) is 2.86. The van der Waals surface area contributed by atoms with Crippen LogP contribution in [0.4, 0.5) is 5.69 Å². The van der Waals surface area contributed by atoms with E-state index in [1.165, 1.54) is 23.9 Å². The number of methoxy groups -OCH3 is 1. The van der Waals surface area contributed by atoms with Crippen LogP contribution >= 0.6 is 0 Å². The summed E-state index contributed by atoms with van der Waals surface area (Å²) in [6.07, 6.45) is 0.887. The predicted molar refractivity (Wildman–Crippen MR) is 77.6 cm³/mol. The van der Waals surface area contributed by atoms with Crippen LogP contribution < -0.4 is 4.90 Å². The second-order valence-electron chi connectivity index (χ2n) is 5.62. The van der Waals surface area contributed by atoms with Crippen LogP contribution in [0.1, 0.15) is 37.3 Å². The van der Waals surface area contributed by atoms with Crippen molar-refractivity contribution in [1.29, 1.82) is 0 Å². The summed E-state index contributed by atoms with van der Waals surface area (Å²) < 4.78 is 4.86. The standard InChI is InChI=1S/C16H23NO2/c1-11(2)14-7-5-6-12(3)15(14)17-9-8-13(10-17)16(18)19-4/h5-7,11,13H,8-10H2,1-4H3. The van der Waals surface area contributed by atoms with Crippen LogP contribution in [0.25, 0.3) is 0 Å². The van der Waals surface area contributed by atoms with E-state index in [2.05, 4.69) is 43.9 Å². The van der Waals surface area contributed by atoms with Gasteiger partial charge >= 0.3 is 5.97 Å². The van der Waals surface area contributed by atoms with Crippen LogP contribution in [0, 0.1) is 12.8 Å². The van der Waals surface area contributed by atoms with Crippen molar-refractivity contribution >= 4 is 11.7 Å². The topological polar surface area (TPSA) is 29.5 Å². The maximum atomic E-state index is 11.6. The minimum absolute atomic E-state index is 0.0182. The van der Waals surface area contributed by atoms with Gasteiger partial charge in [-0.05, 0) is 30.4 Å². The van der Waals surface area contributed by atoms with Gasteiger partial charge in [0.2, 0.25) is 0 Å². The number of hydrogen-bond acceptors (Lipinski definition) is 3. The Kier molecular flexibility index (Phi) is 4.13. The van der Waals surface area contributed by atoms with E-state index in [1.807, 2.05) is 0 Å². The summed E-state index contributed by atoms with van der Waals surface area (Å²) in [6, 6.07) is 6.45. The zero-order chi connectivity index (χ0) is 14.0. The lowest BCUT2D eigenvalue weighted by Gasteiger charge is -2.25. The van der Waals surface area contributed by atoms with Crippen LogP contribution in [-0.4, -0.2) is 26.2 Å². The Hall–Kier alpha value is -1.51. The van der Waals surface area contributed by atoms with Crippen molar-refractivity contribution in [2.24, 2.45) is 5.92 Å². The Morgan fingerprint density at radius 1 is 1.42 bits per heavy atom. The average molecular weight is 261 g/mol. The molecule has 2 rings (SSSR count). The first kappa shape index (κ1) is 13.9. The number of hydrogen-bond donors (Lipinski definition) is 0. The zero-order valence-corrected chi connectivity index (χ0v) is 12.3. The molecule has 1 aromatic rings. The molecular formula is C16H23NO2. The van der Waals surface area contributed by atoms with E-state index in [0.29, 0.717) is 5.92 Å². The molecule has 0 saturated carbocycles. The summed E-state index contributed by atoms with van der Waals surface area (Å²) in [5.74, 6) is 0.430. The highest BCUT2D eigenvalue weighted by atomic mass is 16.5. The van der Waals surface area contributed by atoms with Crippen LogP contribution in [0.2, 0.25) is 0 Å². The van der Waals surface area contributed by atoms with Crippen LogP contribution in [0.3, 0.4) is 0 Å². The van der Waals surface area contributed by atoms with Crippen molar-refractivity contribution in [3.63, 3.8) is 0 Å². The van der Waals surface area contributed by atoms with E-state index < -0.39 is 0 Å². The van der Waals surface area contributed by atoms with Gasteiger partial charge in [-0.3, -0.25) is 4.79 Å². The molecule has 1 atom stereocenters. The number of esters is 1. The number of anilines is 1. The number of ether oxygens (including phenoxy) is 1. The summed E-state index contributed by atoms with van der Waals surface area (Å²) in [4.78, 5) is 14.0. The number of para-hydroxylation sites is 1. The molecule has 1 aliphatic heterocycles. The third kappa shape index (κ3) is 2.75. The molecule has 1 aliphatic rings. The second kappa shape index (κ2) is 5.64. The first-order valence-electron chi connectivity index (χ1n) is 6.97. The molecule has 1 aromatic carbocycles. The predicted octanol–water partition coefficient (Wildman–Crippen LogP) is 3.12. The van der Waals surface area contributed by atoms with Crippen LogP contribution in [0.15, 0.2) is 18.2 Å². The van der Waals surface area contributed by atoms with E-state index >= 15 is 0 Å². The van der Waals surface area contributed by atoms with Crippen LogP contribution in [-0.2, 0) is 9.53 Å². The fourth-order valence-corrected chi connectivity index (χ4v) is 2.90. The molecule has 104 valence electrons. The molecule has 1 unspecified atom stereocenters. The highest BCUT2D eigenvalue weighted by Crippen LogP contribution is 2.34. The number of rotatable bonds is 3. The van der Waals surface area contributed by atoms with Gasteiger partial charge in [0.05, 0.1) is 13.0 Å². The van der Waals surface area contributed by atoms with Gasteiger partial charge in [-0.15, -0.1) is 0 Å². The zero-order valence-electron chi connectivity index (χ0n) is 12.3. The van der Waals surface area contributed by atoms with Gasteiger partial charge in [0.15, 0.2) is 0 Å². The van der Waals surface area contributed by atoms with Crippen molar-refractivity contribution in [2.75, 3.05) is 25.1 Å². The molecule has 0 spiro atoms. The molecule has 1 heterocycles. The molecule has 0 N–H and O–H groups in total. The molecule has 1 saturated heterocycles. The van der Waals surface area contributed by atoms with Gasteiger partial charge in [-0.25, -0.2) is 0 Å². The van der Waals surface area contributed by atoms with Gasteiger partial charge in [0.1, 0.15) is 0 Å². The van der Waals surface area contributed by atoms with E-state index in [1.54, 1.807) is 0 Å². The first-order valence-corrected chi connectivity index (χ1v) is 6.97. The minimum Gasteiger partial charge on any atom is -0.469 e. The van der Waals surface area contributed by atoms with E-state index in [9.17, 15) is 4.79 Å². The van der Waals surface area contributed by atoms with Gasteiger partial charge in [-0.1, -0.05) is 32.0 Å². The Morgan fingerprint density at radius 3 is 2.79 bits per heavy atom. The van der Waals surface area contributed by atoms with Crippen molar-refractivity contribution in [1.82, 2.24) is 0 Å². The number of carbonyl (C=O) groups is 1. The third-order valence-corrected chi connectivity index (χ3v) is 3.93. The lowest BCUT2D eigenvalue weighted by Crippen LogP contribution is -2.25. The highest BCUT2D eigenvalue weighted by Gasteiger charge is 2.30. The lowest BCUT2D eigenvalue weighted by molar-refractivity contribution is -0.144. The van der Waals surface area contributed by atoms with Gasteiger partial charge in [0.25, 0.3) is 0 Å². The maximum Gasteiger partial charge on any atom is 0.310 e. The molecule has 3 heteroatoms. The van der Waals surface area contributed by atoms with Gasteiger partial charge in [-0.2, -0.15) is 0 Å². The summed E-state index contributed by atoms with van der Waals surface area (Å²) in [7, 11) is 1.47. The van der Waals surface area contributed by atoms with E-state index in [4.69, 9.17) is 4.74 Å². The Balaban J connectivity index is 2.26. The van der Waals surface area contributed by atoms with Crippen molar-refractivity contribution in [3.8, 4) is 0 Å². The molecule has 1 fully saturated rings. The lowest BCUT2D eigenvalue weighted by atomic mass is 9.97. The van der Waals surface area contributed by atoms with E-state index in [0.717, 1.165) is 19.5 Å². The second-order valence-corrected chi connectivity index (χ2v) is 5.62. The molecule has 19 heavy (non-hydrogen) atoms. The summed E-state index contributed by atoms with van der Waals surface area (Å²) in [6.45, 7) is 8.28. The fraction of sp³-hybridized carbons (Fsp3) is 0.562. The largest absolute Gasteiger partial charge is 0.469 e. The highest BCUT2D eigenvalue weighted by molar-refractivity contribution is 5.74. The quantitative estimate of drug-likeness (QED) is 0.783. The summed E-state index contributed by atoms with van der Waals surface area (Å²) in [5.41, 5.74) is 3.96. The summed E-state index contributed by atoms with van der Waals surface area (Å²) >= 11 is 0. The Morgan fingerprint density at radius 2 is 2.16 bits per heavy atom. The normalized spacial score (nSPS) is 19.0. The smallest absolute Gasteiger partial charge is 0.310 e. The maximum absolute atomic E-state index is 11.6. The number of nitrogens with zero attached hydrogens (tertiary/aromatic N) is 1. The minimum atomic E-state index is -0.0813. The van der Waals surface area contributed by atoms with Gasteiger partial charge < -0.3 is 9.64 Å². The number of benzene rings is 1. The van der Waals surface area contributed by atoms with Crippen molar-refractivity contribution in [2.45, 2.75) is 33.1 Å². The first-order chi connectivity index (χ1) is 9.04. The molecule has 0 aliphatic carbocycles. The summed E-state index contributed by atoms with van der Waals surface area (Å²) in [5, 5.41) is 0. The van der Waals surface area contributed by atoms with Crippen molar-refractivity contribution in [3.05, 3.63) is 29.3 Å². The molecule has 0 bridgehead atoms. The molecule has 0 radical (unpaired) electrons. The molecule has 0 amide bonds. The molecular weight excluding hydrogens is 238 g/mol. The van der Waals surface area contributed by atoms with E-state index in [-0.39, 0.29) is 11.9 Å². The van der Waals surface area contributed by atoms with Gasteiger partial charge in [0, 0.05) is 18.8 Å². The Labute approximate surface area is 115 Å². The molecule has 3 nitrogen and oxygen atoms in total. The van der Waals surface area contributed by atoms with Crippen molar-refractivity contribution < 1.29 is 9.53 Å². The number of carbonyl (C=O) groups excluding carboxylic acids is 1.